The van der Waals surface area contributed by atoms with Gasteiger partial charge in [0.2, 0.25) is 0 Å². The third-order valence-electron chi connectivity index (χ3n) is 2.63. The van der Waals surface area contributed by atoms with Crippen LogP contribution in [0, 0.1) is 28.1 Å². The van der Waals surface area contributed by atoms with Crippen molar-refractivity contribution in [2.45, 2.75) is 12.3 Å². The molecule has 1 atom stereocenters. The minimum Gasteiger partial charge on any atom is -0.197 e. The van der Waals surface area contributed by atoms with E-state index in [4.69, 9.17) is 10.5 Å². The number of benzene rings is 1. The van der Waals surface area contributed by atoms with Gasteiger partial charge in [0.15, 0.2) is 5.41 Å². The van der Waals surface area contributed by atoms with E-state index in [9.17, 15) is 0 Å². The second-order valence-corrected chi connectivity index (χ2v) is 4.42. The lowest BCUT2D eigenvalue weighted by Gasteiger charge is -1.99. The Bertz CT molecular complexity index is 422. The zero-order valence-corrected chi connectivity index (χ0v) is 8.95. The zero-order valence-electron chi connectivity index (χ0n) is 7.37. The van der Waals surface area contributed by atoms with Crippen LogP contribution in [-0.4, -0.2) is 0 Å². The van der Waals surface area contributed by atoms with Crippen molar-refractivity contribution in [2.24, 2.45) is 5.41 Å². The first-order chi connectivity index (χ1) is 6.72. The van der Waals surface area contributed by atoms with Crippen molar-refractivity contribution in [1.29, 1.82) is 10.5 Å². The molecule has 0 amide bonds. The molecular formula is C11H7BrN2. The Balaban J connectivity index is 2.26. The van der Waals surface area contributed by atoms with Crippen molar-refractivity contribution >= 4 is 15.9 Å². The topological polar surface area (TPSA) is 47.6 Å². The molecule has 0 saturated heterocycles. The molecule has 0 spiro atoms. The highest BCUT2D eigenvalue weighted by atomic mass is 79.9. The van der Waals surface area contributed by atoms with Gasteiger partial charge in [-0.2, -0.15) is 10.5 Å². The Morgan fingerprint density at radius 1 is 1.21 bits per heavy atom. The molecule has 1 aliphatic rings. The largest absolute Gasteiger partial charge is 0.197 e. The SMILES string of the molecule is N#CC1(C#N)CC1c1ccc(Br)cc1. The van der Waals surface area contributed by atoms with E-state index >= 15 is 0 Å². The molecule has 1 unspecified atom stereocenters. The van der Waals surface area contributed by atoms with Crippen molar-refractivity contribution in [2.75, 3.05) is 0 Å². The first-order valence-corrected chi connectivity index (χ1v) is 5.09. The number of nitriles is 2. The van der Waals surface area contributed by atoms with Gasteiger partial charge in [0.25, 0.3) is 0 Å². The number of hydrogen-bond acceptors (Lipinski definition) is 2. The van der Waals surface area contributed by atoms with Crippen LogP contribution in [0.25, 0.3) is 0 Å². The maximum absolute atomic E-state index is 8.86. The van der Waals surface area contributed by atoms with Gasteiger partial charge in [-0.15, -0.1) is 0 Å². The lowest BCUT2D eigenvalue weighted by atomic mass is 10.0. The zero-order chi connectivity index (χ0) is 10.2. The fourth-order valence-corrected chi connectivity index (χ4v) is 1.90. The van der Waals surface area contributed by atoms with E-state index in [0.717, 1.165) is 10.0 Å². The fraction of sp³-hybridized carbons (Fsp3) is 0.273. The Kier molecular flexibility index (Phi) is 2.06. The smallest absolute Gasteiger partial charge is 0.151 e. The molecular weight excluding hydrogens is 240 g/mol. The summed E-state index contributed by atoms with van der Waals surface area (Å²) in [5.41, 5.74) is 0.324. The first-order valence-electron chi connectivity index (χ1n) is 4.30. The third kappa shape index (κ3) is 1.31. The standard InChI is InChI=1S/C11H7BrN2/c12-9-3-1-8(2-4-9)10-5-11(10,6-13)7-14/h1-4,10H,5H2. The first kappa shape index (κ1) is 9.24. The molecule has 0 N–H and O–H groups in total. The Labute approximate surface area is 90.9 Å². The van der Waals surface area contributed by atoms with Crippen LogP contribution in [-0.2, 0) is 0 Å². The Hall–Kier alpha value is -1.32. The van der Waals surface area contributed by atoms with Gasteiger partial charge >= 0.3 is 0 Å². The van der Waals surface area contributed by atoms with E-state index in [1.807, 2.05) is 24.3 Å². The van der Waals surface area contributed by atoms with Gasteiger partial charge in [0.05, 0.1) is 12.1 Å². The van der Waals surface area contributed by atoms with E-state index in [2.05, 4.69) is 28.1 Å². The summed E-state index contributed by atoms with van der Waals surface area (Å²) in [6, 6.07) is 12.0. The quantitative estimate of drug-likeness (QED) is 0.765. The van der Waals surface area contributed by atoms with Gasteiger partial charge in [-0.3, -0.25) is 0 Å². The summed E-state index contributed by atoms with van der Waals surface area (Å²) in [4.78, 5) is 0. The highest BCUT2D eigenvalue weighted by molar-refractivity contribution is 9.10. The molecule has 1 aromatic carbocycles. The van der Waals surface area contributed by atoms with Crippen molar-refractivity contribution < 1.29 is 0 Å². The molecule has 3 heteroatoms. The van der Waals surface area contributed by atoms with Crippen molar-refractivity contribution in [1.82, 2.24) is 0 Å². The van der Waals surface area contributed by atoms with Crippen molar-refractivity contribution in [3.8, 4) is 12.1 Å². The highest BCUT2D eigenvalue weighted by Gasteiger charge is 2.56. The molecule has 2 nitrogen and oxygen atoms in total. The molecule has 1 saturated carbocycles. The summed E-state index contributed by atoms with van der Waals surface area (Å²) >= 11 is 3.35. The second kappa shape index (κ2) is 3.12. The van der Waals surface area contributed by atoms with E-state index in [0.29, 0.717) is 6.42 Å². The second-order valence-electron chi connectivity index (χ2n) is 3.50. The molecule has 0 aromatic heterocycles. The molecule has 1 aromatic rings. The van der Waals surface area contributed by atoms with Crippen molar-refractivity contribution in [3.05, 3.63) is 34.3 Å². The number of nitrogens with zero attached hydrogens (tertiary/aromatic N) is 2. The summed E-state index contributed by atoms with van der Waals surface area (Å²) in [5, 5.41) is 17.7. The minimum absolute atomic E-state index is 0.102. The van der Waals surface area contributed by atoms with E-state index in [1.54, 1.807) is 0 Å². The molecule has 14 heavy (non-hydrogen) atoms. The molecule has 0 bridgehead atoms. The van der Waals surface area contributed by atoms with Crippen molar-refractivity contribution in [3.63, 3.8) is 0 Å². The monoisotopic (exact) mass is 246 g/mol. The lowest BCUT2D eigenvalue weighted by molar-refractivity contribution is 0.841. The highest BCUT2D eigenvalue weighted by Crippen LogP contribution is 2.58. The average Bonchev–Trinajstić information content (AvgIpc) is 2.94. The van der Waals surface area contributed by atoms with E-state index in [1.165, 1.54) is 0 Å². The lowest BCUT2D eigenvalue weighted by Crippen LogP contribution is -1.95. The molecule has 0 radical (unpaired) electrons. The van der Waals surface area contributed by atoms with E-state index in [-0.39, 0.29) is 5.92 Å². The normalized spacial score (nSPS) is 22.1. The van der Waals surface area contributed by atoms with Gasteiger partial charge in [-0.1, -0.05) is 28.1 Å². The summed E-state index contributed by atoms with van der Waals surface area (Å²) in [6.45, 7) is 0. The van der Waals surface area contributed by atoms with Crippen LogP contribution >= 0.6 is 15.9 Å². The van der Waals surface area contributed by atoms with Gasteiger partial charge < -0.3 is 0 Å². The fourth-order valence-electron chi connectivity index (χ4n) is 1.63. The van der Waals surface area contributed by atoms with Crippen LogP contribution in [0.4, 0.5) is 0 Å². The van der Waals surface area contributed by atoms with Crippen LogP contribution in [0.2, 0.25) is 0 Å². The van der Waals surface area contributed by atoms with Gasteiger partial charge in [0, 0.05) is 10.4 Å². The maximum Gasteiger partial charge on any atom is 0.151 e. The molecule has 1 aliphatic carbocycles. The number of halogens is 1. The summed E-state index contributed by atoms with van der Waals surface area (Å²) in [5.74, 6) is 0.102. The average molecular weight is 247 g/mol. The number of rotatable bonds is 1. The molecule has 0 aliphatic heterocycles. The predicted octanol–water partition coefficient (Wildman–Crippen LogP) is 2.97. The maximum atomic E-state index is 8.86. The van der Waals surface area contributed by atoms with E-state index < -0.39 is 5.41 Å². The van der Waals surface area contributed by atoms with Crippen LogP contribution in [0.3, 0.4) is 0 Å². The van der Waals surface area contributed by atoms with Crippen LogP contribution in [0.5, 0.6) is 0 Å². The predicted molar refractivity (Wildman–Crippen MR) is 55.2 cm³/mol. The summed E-state index contributed by atoms with van der Waals surface area (Å²) < 4.78 is 1.02. The minimum atomic E-state index is -0.756. The molecule has 68 valence electrons. The summed E-state index contributed by atoms with van der Waals surface area (Å²) in [6.07, 6.45) is 0.668. The Morgan fingerprint density at radius 2 is 1.79 bits per heavy atom. The molecule has 2 rings (SSSR count). The van der Waals surface area contributed by atoms with Gasteiger partial charge in [-0.05, 0) is 24.1 Å². The summed E-state index contributed by atoms with van der Waals surface area (Å²) in [7, 11) is 0. The Morgan fingerprint density at radius 3 is 2.21 bits per heavy atom. The molecule has 0 heterocycles. The van der Waals surface area contributed by atoms with Crippen LogP contribution in [0.1, 0.15) is 17.9 Å². The third-order valence-corrected chi connectivity index (χ3v) is 3.16. The number of hydrogen-bond donors (Lipinski definition) is 0. The van der Waals surface area contributed by atoms with Gasteiger partial charge in [0.1, 0.15) is 0 Å². The van der Waals surface area contributed by atoms with Crippen LogP contribution < -0.4 is 0 Å². The van der Waals surface area contributed by atoms with Crippen LogP contribution in [0.15, 0.2) is 28.7 Å². The van der Waals surface area contributed by atoms with Gasteiger partial charge in [-0.25, -0.2) is 0 Å². The molecule has 1 fully saturated rings.